The molecule has 2 aliphatic rings. The fourth-order valence-electron chi connectivity index (χ4n) is 3.77. The molecule has 0 unspecified atom stereocenters. The van der Waals surface area contributed by atoms with Gasteiger partial charge in [-0.15, -0.1) is 22.2 Å². The Bertz CT molecular complexity index is 265. The molecule has 2 nitrogen and oxygen atoms in total. The first-order chi connectivity index (χ1) is 9.83. The molecule has 0 aliphatic carbocycles. The van der Waals surface area contributed by atoms with Crippen LogP contribution in [0.3, 0.4) is 0 Å². The summed E-state index contributed by atoms with van der Waals surface area (Å²) < 4.78 is 0. The van der Waals surface area contributed by atoms with Crippen LogP contribution in [0.5, 0.6) is 0 Å². The van der Waals surface area contributed by atoms with Crippen molar-refractivity contribution < 1.29 is 0 Å². The predicted molar refractivity (Wildman–Crippen MR) is 105 cm³/mol. The summed E-state index contributed by atoms with van der Waals surface area (Å²) in [6.07, 6.45) is 7.72. The average Bonchev–Trinajstić information content (AvgIpc) is 2.25. The molecule has 0 radical (unpaired) electrons. The molecule has 4 heteroatoms. The van der Waals surface area contributed by atoms with Gasteiger partial charge in [0.05, 0.1) is 0 Å². The third-order valence-corrected chi connectivity index (χ3v) is 4.36. The number of hydrogen-bond acceptors (Lipinski definition) is 0. The van der Waals surface area contributed by atoms with Gasteiger partial charge in [0.25, 0.3) is 0 Å². The SMILES string of the molecule is CC1(C)CCCC(C)(C)[N-]1.CC1(C)CCCC(C)(C)[N-]1.[Al+2][Br]. The van der Waals surface area contributed by atoms with Gasteiger partial charge in [-0.3, -0.25) is 0 Å². The van der Waals surface area contributed by atoms with E-state index in [0.717, 1.165) is 0 Å². The molecule has 2 fully saturated rings. The van der Waals surface area contributed by atoms with Gasteiger partial charge in [-0.25, -0.2) is 0 Å². The number of halogens is 1. The molecular weight excluding hydrogens is 351 g/mol. The van der Waals surface area contributed by atoms with Crippen LogP contribution in [0, 0.1) is 0 Å². The Balaban J connectivity index is 0.000000360. The summed E-state index contributed by atoms with van der Waals surface area (Å²) in [6, 6.07) is 0. The Hall–Kier alpha value is 0.932. The second-order valence-corrected chi connectivity index (χ2v) is 9.18. The molecule has 0 aromatic heterocycles. The Morgan fingerprint density at radius 3 is 0.818 bits per heavy atom. The molecule has 0 spiro atoms. The van der Waals surface area contributed by atoms with E-state index < -0.39 is 0 Å². The van der Waals surface area contributed by atoms with Crippen molar-refractivity contribution in [1.29, 1.82) is 0 Å². The molecule has 0 amide bonds. The van der Waals surface area contributed by atoms with E-state index in [4.69, 9.17) is 10.6 Å². The molecule has 0 atom stereocenters. The van der Waals surface area contributed by atoms with E-state index >= 15 is 0 Å². The van der Waals surface area contributed by atoms with Gasteiger partial charge < -0.3 is 10.6 Å². The van der Waals surface area contributed by atoms with Crippen molar-refractivity contribution in [1.82, 2.24) is 0 Å². The summed E-state index contributed by atoms with van der Waals surface area (Å²) in [5.41, 5.74) is 0.951. The van der Waals surface area contributed by atoms with E-state index in [9.17, 15) is 0 Å². The Kier molecular flexibility index (Phi) is 9.24. The fourth-order valence-corrected chi connectivity index (χ4v) is 3.77. The second-order valence-electron chi connectivity index (χ2n) is 9.18. The minimum atomic E-state index is 0.238. The first kappa shape index (κ1) is 22.9. The molecule has 2 saturated heterocycles. The van der Waals surface area contributed by atoms with Crippen LogP contribution in [0.4, 0.5) is 0 Å². The van der Waals surface area contributed by atoms with Crippen LogP contribution in [0.25, 0.3) is 10.6 Å². The molecule has 0 aromatic carbocycles. The van der Waals surface area contributed by atoms with Crippen LogP contribution in [0.15, 0.2) is 0 Å². The van der Waals surface area contributed by atoms with Crippen molar-refractivity contribution in [2.75, 3.05) is 0 Å². The van der Waals surface area contributed by atoms with Crippen LogP contribution in [0.1, 0.15) is 93.9 Å². The maximum atomic E-state index is 4.75. The molecule has 0 bridgehead atoms. The zero-order valence-electron chi connectivity index (χ0n) is 16.1. The van der Waals surface area contributed by atoms with Gasteiger partial charge in [-0.2, -0.15) is 0 Å². The third kappa shape index (κ3) is 9.94. The van der Waals surface area contributed by atoms with E-state index in [-0.39, 0.29) is 22.2 Å². The summed E-state index contributed by atoms with van der Waals surface area (Å²) in [6.45, 7) is 17.8. The Morgan fingerprint density at radius 1 is 0.545 bits per heavy atom. The van der Waals surface area contributed by atoms with Gasteiger partial charge in [-0.1, -0.05) is 93.9 Å². The summed E-state index contributed by atoms with van der Waals surface area (Å²) in [4.78, 5) is 0. The molecule has 22 heavy (non-hydrogen) atoms. The van der Waals surface area contributed by atoms with Gasteiger partial charge in [0.15, 0.2) is 0 Å². The number of piperidine rings is 2. The predicted octanol–water partition coefficient (Wildman–Crippen LogP) is 6.67. The first-order valence-corrected chi connectivity index (χ1v) is 11.7. The molecule has 128 valence electrons. The molecule has 2 heterocycles. The zero-order valence-corrected chi connectivity index (χ0v) is 18.8. The quantitative estimate of drug-likeness (QED) is 0.416. The number of rotatable bonds is 0. The molecular formula is C18H36AlBrN2. The monoisotopic (exact) mass is 386 g/mol. The van der Waals surface area contributed by atoms with Crippen molar-refractivity contribution in [3.05, 3.63) is 10.6 Å². The van der Waals surface area contributed by atoms with Crippen LogP contribution in [-0.4, -0.2) is 36.6 Å². The molecule has 2 rings (SSSR count). The van der Waals surface area contributed by atoms with E-state index in [1.165, 1.54) is 38.5 Å². The standard InChI is InChI=1S/2C9H18N.Al.BrH/c2*1-8(2)6-5-7-9(3,4)10-8;;/h2*5-7H2,1-4H3;;1H/q2*-1;+3;/p-1. The van der Waals surface area contributed by atoms with Gasteiger partial charge in [0, 0.05) is 0 Å². The molecule has 0 saturated carbocycles. The maximum absolute atomic E-state index is 4.75. The third-order valence-electron chi connectivity index (χ3n) is 4.36. The molecule has 2 aliphatic heterocycles. The van der Waals surface area contributed by atoms with Gasteiger partial charge >= 0.3 is 28.5 Å². The van der Waals surface area contributed by atoms with E-state index in [2.05, 4.69) is 83.9 Å². The molecule has 0 aromatic rings. The fraction of sp³-hybridized carbons (Fsp3) is 1.00. The van der Waals surface area contributed by atoms with Crippen molar-refractivity contribution in [2.45, 2.75) is 116 Å². The first-order valence-electron chi connectivity index (χ1n) is 8.53. The van der Waals surface area contributed by atoms with Crippen LogP contribution in [0.2, 0.25) is 0 Å². The van der Waals surface area contributed by atoms with Crippen LogP contribution in [-0.2, 0) is 0 Å². The second kappa shape index (κ2) is 8.86. The topological polar surface area (TPSA) is 28.2 Å². The average molecular weight is 387 g/mol. The van der Waals surface area contributed by atoms with Crippen molar-refractivity contribution in [3.8, 4) is 0 Å². The van der Waals surface area contributed by atoms with Crippen molar-refractivity contribution in [3.63, 3.8) is 0 Å². The van der Waals surface area contributed by atoms with Crippen molar-refractivity contribution >= 4 is 28.5 Å². The zero-order chi connectivity index (χ0) is 17.7. The Labute approximate surface area is 155 Å². The summed E-state index contributed by atoms with van der Waals surface area (Å²) in [7, 11) is 0. The van der Waals surface area contributed by atoms with Gasteiger partial charge in [0.1, 0.15) is 0 Å². The van der Waals surface area contributed by atoms with Gasteiger partial charge in [0.2, 0.25) is 0 Å². The summed E-state index contributed by atoms with van der Waals surface area (Å²) in [5.74, 6) is 0. The van der Waals surface area contributed by atoms with Crippen LogP contribution >= 0.6 is 14.1 Å². The summed E-state index contributed by atoms with van der Waals surface area (Å²) in [5, 5.41) is 9.49. The number of hydrogen-bond donors (Lipinski definition) is 0. The minimum absolute atomic E-state index is 0.238. The normalized spacial score (nSPS) is 27.6. The van der Waals surface area contributed by atoms with Crippen LogP contribution < -0.4 is 0 Å². The molecule has 0 N–H and O–H groups in total. The van der Waals surface area contributed by atoms with E-state index in [1.54, 1.807) is 0 Å². The Morgan fingerprint density at radius 2 is 0.727 bits per heavy atom. The van der Waals surface area contributed by atoms with Gasteiger partial charge in [-0.05, 0) is 0 Å². The number of nitrogens with zero attached hydrogens (tertiary/aromatic N) is 2. The summed E-state index contributed by atoms with van der Waals surface area (Å²) >= 11 is 5.08. The van der Waals surface area contributed by atoms with E-state index in [0.29, 0.717) is 0 Å². The van der Waals surface area contributed by atoms with E-state index in [1.807, 2.05) is 0 Å². The van der Waals surface area contributed by atoms with Crippen molar-refractivity contribution in [2.24, 2.45) is 0 Å².